The van der Waals surface area contributed by atoms with E-state index in [1.807, 2.05) is 0 Å². The second kappa shape index (κ2) is 6.79. The van der Waals surface area contributed by atoms with E-state index in [4.69, 9.17) is 4.74 Å². The Balaban J connectivity index is 1.81. The van der Waals surface area contributed by atoms with Crippen LogP contribution in [0.4, 0.5) is 0 Å². The second-order valence-corrected chi connectivity index (χ2v) is 7.46. The summed E-state index contributed by atoms with van der Waals surface area (Å²) < 4.78 is 5.45. The first-order valence-corrected chi connectivity index (χ1v) is 8.29. The zero-order valence-corrected chi connectivity index (χ0v) is 13.7. The Morgan fingerprint density at radius 1 is 1.21 bits per heavy atom. The first-order valence-electron chi connectivity index (χ1n) is 7.65. The average Bonchev–Trinajstić information content (AvgIpc) is 2.84. The van der Waals surface area contributed by atoms with Crippen molar-refractivity contribution < 1.29 is 4.74 Å². The maximum atomic E-state index is 5.45. The summed E-state index contributed by atoms with van der Waals surface area (Å²) in [5.41, 5.74) is 0.360. The molecule has 0 aromatic carbocycles. The van der Waals surface area contributed by atoms with Gasteiger partial charge >= 0.3 is 0 Å². The van der Waals surface area contributed by atoms with Gasteiger partial charge < -0.3 is 9.64 Å². The van der Waals surface area contributed by atoms with E-state index in [2.05, 4.69) is 43.2 Å². The summed E-state index contributed by atoms with van der Waals surface area (Å²) in [6, 6.07) is 0.754. The van der Waals surface area contributed by atoms with Gasteiger partial charge in [0.05, 0.1) is 13.2 Å². The molecule has 0 amide bonds. The number of ether oxygens (including phenoxy) is 1. The third kappa shape index (κ3) is 4.35. The van der Waals surface area contributed by atoms with Crippen molar-refractivity contribution in [2.45, 2.75) is 33.2 Å². The highest BCUT2D eigenvalue weighted by Gasteiger charge is 2.32. The van der Waals surface area contributed by atoms with Gasteiger partial charge in [-0.3, -0.25) is 4.90 Å². The molecule has 2 atom stereocenters. The van der Waals surface area contributed by atoms with E-state index in [1.54, 1.807) is 0 Å². The molecule has 0 saturated carbocycles. The minimum atomic E-state index is 0.360. The molecule has 112 valence electrons. The lowest BCUT2D eigenvalue weighted by molar-refractivity contribution is 0.0179. The third-order valence-electron chi connectivity index (χ3n) is 4.73. The lowest BCUT2D eigenvalue weighted by atomic mass is 9.81. The SMILES string of the molecule is CC(C)(C)C(CS)CN1CCC(N2CCOCC2)C1. The molecular weight excluding hydrogens is 256 g/mol. The predicted molar refractivity (Wildman–Crippen MR) is 84.0 cm³/mol. The van der Waals surface area contributed by atoms with Crippen LogP contribution in [-0.2, 0) is 4.74 Å². The number of rotatable bonds is 4. The fraction of sp³-hybridized carbons (Fsp3) is 1.00. The summed E-state index contributed by atoms with van der Waals surface area (Å²) in [6.07, 6.45) is 1.32. The van der Waals surface area contributed by atoms with Gasteiger partial charge in [-0.25, -0.2) is 0 Å². The van der Waals surface area contributed by atoms with Crippen molar-refractivity contribution in [1.29, 1.82) is 0 Å². The normalized spacial score (nSPS) is 28.7. The molecule has 0 aliphatic carbocycles. The van der Waals surface area contributed by atoms with Gasteiger partial charge in [0, 0.05) is 32.2 Å². The van der Waals surface area contributed by atoms with Gasteiger partial charge in [0.25, 0.3) is 0 Å². The summed E-state index contributed by atoms with van der Waals surface area (Å²) in [5, 5.41) is 0. The molecule has 19 heavy (non-hydrogen) atoms. The molecule has 0 aromatic rings. The quantitative estimate of drug-likeness (QED) is 0.796. The molecular formula is C15H30N2OS. The maximum absolute atomic E-state index is 5.45. The molecule has 4 heteroatoms. The van der Waals surface area contributed by atoms with Crippen molar-refractivity contribution >= 4 is 12.6 Å². The van der Waals surface area contributed by atoms with E-state index >= 15 is 0 Å². The minimum absolute atomic E-state index is 0.360. The van der Waals surface area contributed by atoms with Crippen LogP contribution in [0, 0.1) is 11.3 Å². The summed E-state index contributed by atoms with van der Waals surface area (Å²) in [6.45, 7) is 14.8. The summed E-state index contributed by atoms with van der Waals surface area (Å²) >= 11 is 4.55. The predicted octanol–water partition coefficient (Wildman–Crippen LogP) is 1.98. The molecule has 2 aliphatic rings. The Morgan fingerprint density at radius 3 is 2.47 bits per heavy atom. The molecule has 0 radical (unpaired) electrons. The zero-order valence-electron chi connectivity index (χ0n) is 12.8. The Bertz CT molecular complexity index is 274. The monoisotopic (exact) mass is 286 g/mol. The van der Waals surface area contributed by atoms with Gasteiger partial charge in [-0.15, -0.1) is 0 Å². The van der Waals surface area contributed by atoms with Crippen LogP contribution in [0.15, 0.2) is 0 Å². The van der Waals surface area contributed by atoms with Crippen LogP contribution >= 0.6 is 12.6 Å². The summed E-state index contributed by atoms with van der Waals surface area (Å²) in [5.74, 6) is 1.67. The van der Waals surface area contributed by atoms with Gasteiger partial charge in [-0.05, 0) is 30.1 Å². The molecule has 2 unspecified atom stereocenters. The second-order valence-electron chi connectivity index (χ2n) is 7.10. The molecule has 2 aliphatic heterocycles. The van der Waals surface area contributed by atoms with Crippen LogP contribution in [-0.4, -0.2) is 67.5 Å². The highest BCUT2D eigenvalue weighted by Crippen LogP contribution is 2.29. The number of likely N-dealkylation sites (tertiary alicyclic amines) is 1. The fourth-order valence-corrected chi connectivity index (χ4v) is 3.80. The van der Waals surface area contributed by atoms with Gasteiger partial charge in [-0.1, -0.05) is 20.8 Å². The van der Waals surface area contributed by atoms with E-state index in [9.17, 15) is 0 Å². The molecule has 2 saturated heterocycles. The van der Waals surface area contributed by atoms with Crippen LogP contribution in [0.2, 0.25) is 0 Å². The van der Waals surface area contributed by atoms with Crippen molar-refractivity contribution in [3.05, 3.63) is 0 Å². The molecule has 0 bridgehead atoms. The van der Waals surface area contributed by atoms with E-state index in [0.29, 0.717) is 11.3 Å². The van der Waals surface area contributed by atoms with Gasteiger partial charge in [0.15, 0.2) is 0 Å². The lowest BCUT2D eigenvalue weighted by Gasteiger charge is -2.34. The standard InChI is InChI=1S/C15H30N2OS/c1-15(2,3)13(12-19)10-16-5-4-14(11-16)17-6-8-18-9-7-17/h13-14,19H,4-12H2,1-3H3. The van der Waals surface area contributed by atoms with E-state index < -0.39 is 0 Å². The van der Waals surface area contributed by atoms with E-state index in [1.165, 1.54) is 26.1 Å². The van der Waals surface area contributed by atoms with Crippen molar-refractivity contribution in [2.24, 2.45) is 11.3 Å². The largest absolute Gasteiger partial charge is 0.379 e. The molecule has 0 spiro atoms. The van der Waals surface area contributed by atoms with Crippen LogP contribution in [0.3, 0.4) is 0 Å². The van der Waals surface area contributed by atoms with Crippen molar-refractivity contribution in [3.63, 3.8) is 0 Å². The van der Waals surface area contributed by atoms with Crippen LogP contribution in [0.25, 0.3) is 0 Å². The molecule has 0 N–H and O–H groups in total. The number of hydrogen-bond donors (Lipinski definition) is 1. The highest BCUT2D eigenvalue weighted by atomic mass is 32.1. The van der Waals surface area contributed by atoms with E-state index in [0.717, 1.165) is 38.1 Å². The molecule has 3 nitrogen and oxygen atoms in total. The average molecular weight is 286 g/mol. The number of nitrogens with zero attached hydrogens (tertiary/aromatic N) is 2. The van der Waals surface area contributed by atoms with Crippen molar-refractivity contribution in [2.75, 3.05) is 51.7 Å². The highest BCUT2D eigenvalue weighted by molar-refractivity contribution is 7.80. The van der Waals surface area contributed by atoms with Crippen molar-refractivity contribution in [1.82, 2.24) is 9.80 Å². The molecule has 0 aromatic heterocycles. The van der Waals surface area contributed by atoms with Gasteiger partial charge in [0.1, 0.15) is 0 Å². The zero-order chi connectivity index (χ0) is 13.9. The van der Waals surface area contributed by atoms with Crippen molar-refractivity contribution in [3.8, 4) is 0 Å². The Hall–Kier alpha value is 0.230. The maximum Gasteiger partial charge on any atom is 0.0594 e. The number of hydrogen-bond acceptors (Lipinski definition) is 4. The fourth-order valence-electron chi connectivity index (χ4n) is 3.14. The number of thiol groups is 1. The Labute approximate surface area is 124 Å². The third-order valence-corrected chi connectivity index (χ3v) is 5.17. The number of morpholine rings is 1. The topological polar surface area (TPSA) is 15.7 Å². The summed E-state index contributed by atoms with van der Waals surface area (Å²) in [4.78, 5) is 5.27. The first-order chi connectivity index (χ1) is 9.00. The van der Waals surface area contributed by atoms with Crippen LogP contribution in [0.1, 0.15) is 27.2 Å². The molecule has 2 heterocycles. The Morgan fingerprint density at radius 2 is 1.89 bits per heavy atom. The Kier molecular flexibility index (Phi) is 5.58. The van der Waals surface area contributed by atoms with E-state index in [-0.39, 0.29) is 0 Å². The van der Waals surface area contributed by atoms with Gasteiger partial charge in [-0.2, -0.15) is 12.6 Å². The molecule has 2 fully saturated rings. The van der Waals surface area contributed by atoms with Gasteiger partial charge in [0.2, 0.25) is 0 Å². The molecule has 2 rings (SSSR count). The minimum Gasteiger partial charge on any atom is -0.379 e. The lowest BCUT2D eigenvalue weighted by Crippen LogP contribution is -2.45. The van der Waals surface area contributed by atoms with Crippen LogP contribution in [0.5, 0.6) is 0 Å². The first kappa shape index (κ1) is 15.6. The van der Waals surface area contributed by atoms with Crippen LogP contribution < -0.4 is 0 Å². The smallest absolute Gasteiger partial charge is 0.0594 e. The summed E-state index contributed by atoms with van der Waals surface area (Å²) in [7, 11) is 0.